The molecule has 1 atom stereocenters. The Morgan fingerprint density at radius 3 is 2.44 bits per heavy atom. The van der Waals surface area contributed by atoms with Gasteiger partial charge in [-0.2, -0.15) is 0 Å². The lowest BCUT2D eigenvalue weighted by Gasteiger charge is -2.13. The molecular weight excluding hydrogens is 360 g/mol. The van der Waals surface area contributed by atoms with Gasteiger partial charge in [0.05, 0.1) is 11.5 Å². The second kappa shape index (κ2) is 8.60. The number of anilines is 2. The van der Waals surface area contributed by atoms with Crippen molar-refractivity contribution in [2.75, 3.05) is 10.6 Å². The van der Waals surface area contributed by atoms with Crippen molar-refractivity contribution in [3.63, 3.8) is 0 Å². The summed E-state index contributed by atoms with van der Waals surface area (Å²) < 4.78 is 5.09. The molecule has 2 aromatic carbocycles. The molecule has 3 aromatic rings. The maximum Gasteiger partial charge on any atom is 0.291 e. The number of amides is 2. The first-order chi connectivity index (χ1) is 13.0. The minimum absolute atomic E-state index is 0.0751. The summed E-state index contributed by atoms with van der Waals surface area (Å²) in [5.41, 5.74) is 2.56. The van der Waals surface area contributed by atoms with Crippen molar-refractivity contribution in [1.29, 1.82) is 0 Å². The molecule has 0 spiro atoms. The fourth-order valence-electron chi connectivity index (χ4n) is 2.39. The van der Waals surface area contributed by atoms with Crippen molar-refractivity contribution in [2.45, 2.75) is 24.0 Å². The average Bonchev–Trinajstić information content (AvgIpc) is 3.19. The van der Waals surface area contributed by atoms with E-state index in [1.807, 2.05) is 56.3 Å². The highest BCUT2D eigenvalue weighted by molar-refractivity contribution is 8.00. The van der Waals surface area contributed by atoms with E-state index < -0.39 is 0 Å². The number of hydrogen-bond donors (Lipinski definition) is 2. The molecule has 0 radical (unpaired) electrons. The number of carbonyl (C=O) groups excluding carboxylic acids is 2. The molecule has 138 valence electrons. The Morgan fingerprint density at radius 1 is 0.963 bits per heavy atom. The zero-order chi connectivity index (χ0) is 19.2. The molecule has 0 saturated heterocycles. The van der Waals surface area contributed by atoms with E-state index in [0.717, 1.165) is 16.1 Å². The minimum Gasteiger partial charge on any atom is -0.459 e. The summed E-state index contributed by atoms with van der Waals surface area (Å²) in [6, 6.07) is 18.3. The van der Waals surface area contributed by atoms with Gasteiger partial charge in [0.15, 0.2) is 5.76 Å². The van der Waals surface area contributed by atoms with Crippen LogP contribution in [0.15, 0.2) is 76.2 Å². The fraction of sp³-hybridized carbons (Fsp3) is 0.143. The fourth-order valence-corrected chi connectivity index (χ4v) is 3.31. The standard InChI is InChI=1S/C21H20N2O3S/c1-14-8-10-16(11-9-14)22-20(24)15(2)27-18-6-3-5-17(13-18)23-21(25)19-7-4-12-26-19/h3-13,15H,1-2H3,(H,22,24)(H,23,25). The summed E-state index contributed by atoms with van der Waals surface area (Å²) in [6.07, 6.45) is 1.45. The number of benzene rings is 2. The molecule has 5 nitrogen and oxygen atoms in total. The van der Waals surface area contributed by atoms with E-state index >= 15 is 0 Å². The molecule has 1 aromatic heterocycles. The Kier molecular flexibility index (Phi) is 5.98. The predicted molar refractivity (Wildman–Crippen MR) is 108 cm³/mol. The highest BCUT2D eigenvalue weighted by Gasteiger charge is 2.15. The van der Waals surface area contributed by atoms with E-state index in [2.05, 4.69) is 10.6 Å². The van der Waals surface area contributed by atoms with Crippen molar-refractivity contribution >= 4 is 35.0 Å². The zero-order valence-corrected chi connectivity index (χ0v) is 15.9. The Bertz CT molecular complexity index is 921. The molecule has 1 unspecified atom stereocenters. The van der Waals surface area contributed by atoms with Crippen LogP contribution < -0.4 is 10.6 Å². The molecule has 2 N–H and O–H groups in total. The normalized spacial score (nSPS) is 11.6. The molecule has 2 amide bonds. The lowest BCUT2D eigenvalue weighted by atomic mass is 10.2. The number of rotatable bonds is 6. The van der Waals surface area contributed by atoms with Crippen LogP contribution in [0, 0.1) is 6.92 Å². The summed E-state index contributed by atoms with van der Waals surface area (Å²) in [5, 5.41) is 5.41. The smallest absolute Gasteiger partial charge is 0.291 e. The molecule has 1 heterocycles. The quantitative estimate of drug-likeness (QED) is 0.593. The molecule has 0 aliphatic carbocycles. The van der Waals surface area contributed by atoms with E-state index in [1.165, 1.54) is 18.0 Å². The molecule has 3 rings (SSSR count). The van der Waals surface area contributed by atoms with Gasteiger partial charge in [-0.1, -0.05) is 23.8 Å². The van der Waals surface area contributed by atoms with E-state index in [9.17, 15) is 9.59 Å². The third kappa shape index (κ3) is 5.24. The first-order valence-corrected chi connectivity index (χ1v) is 9.38. The van der Waals surface area contributed by atoms with Crippen LogP contribution in [-0.4, -0.2) is 17.1 Å². The third-order valence-electron chi connectivity index (χ3n) is 3.84. The van der Waals surface area contributed by atoms with Crippen LogP contribution in [0.4, 0.5) is 11.4 Å². The lowest BCUT2D eigenvalue weighted by molar-refractivity contribution is -0.115. The molecule has 6 heteroatoms. The van der Waals surface area contributed by atoms with Crippen molar-refractivity contribution in [2.24, 2.45) is 0 Å². The first kappa shape index (κ1) is 18.8. The van der Waals surface area contributed by atoms with Crippen LogP contribution in [-0.2, 0) is 4.79 Å². The molecule has 0 aliphatic rings. The molecule has 0 aliphatic heterocycles. The predicted octanol–water partition coefficient (Wildman–Crippen LogP) is 4.96. The number of thioether (sulfide) groups is 1. The van der Waals surface area contributed by atoms with Gasteiger partial charge < -0.3 is 15.1 Å². The molecule has 0 saturated carbocycles. The Labute approximate surface area is 162 Å². The molecule has 0 fully saturated rings. The SMILES string of the molecule is Cc1ccc(NC(=O)C(C)Sc2cccc(NC(=O)c3ccco3)c2)cc1. The second-order valence-electron chi connectivity index (χ2n) is 6.07. The van der Waals surface area contributed by atoms with Gasteiger partial charge in [0.25, 0.3) is 5.91 Å². The van der Waals surface area contributed by atoms with Crippen molar-refractivity contribution < 1.29 is 14.0 Å². The van der Waals surface area contributed by atoms with Gasteiger partial charge in [-0.15, -0.1) is 11.8 Å². The number of hydrogen-bond acceptors (Lipinski definition) is 4. The van der Waals surface area contributed by atoms with Crippen molar-refractivity contribution in [3.8, 4) is 0 Å². The highest BCUT2D eigenvalue weighted by atomic mass is 32.2. The van der Waals surface area contributed by atoms with Gasteiger partial charge in [0.2, 0.25) is 5.91 Å². The maximum absolute atomic E-state index is 12.4. The van der Waals surface area contributed by atoms with Gasteiger partial charge in [0.1, 0.15) is 0 Å². The summed E-state index contributed by atoms with van der Waals surface area (Å²) >= 11 is 1.43. The second-order valence-corrected chi connectivity index (χ2v) is 7.49. The van der Waals surface area contributed by atoms with Crippen LogP contribution in [0.3, 0.4) is 0 Å². The maximum atomic E-state index is 12.4. The molecule has 0 bridgehead atoms. The third-order valence-corrected chi connectivity index (χ3v) is 4.93. The van der Waals surface area contributed by atoms with Gasteiger partial charge in [-0.3, -0.25) is 9.59 Å². The molecule has 27 heavy (non-hydrogen) atoms. The Balaban J connectivity index is 1.60. The van der Waals surface area contributed by atoms with Crippen LogP contribution in [0.2, 0.25) is 0 Å². The van der Waals surface area contributed by atoms with E-state index in [-0.39, 0.29) is 22.8 Å². The van der Waals surface area contributed by atoms with Gasteiger partial charge in [-0.05, 0) is 56.3 Å². The zero-order valence-electron chi connectivity index (χ0n) is 15.1. The summed E-state index contributed by atoms with van der Waals surface area (Å²) in [6.45, 7) is 3.85. The topological polar surface area (TPSA) is 71.3 Å². The van der Waals surface area contributed by atoms with Crippen LogP contribution in [0.25, 0.3) is 0 Å². The van der Waals surface area contributed by atoms with Crippen LogP contribution >= 0.6 is 11.8 Å². The summed E-state index contributed by atoms with van der Waals surface area (Å²) in [5.74, 6) is -0.139. The Morgan fingerprint density at radius 2 is 1.74 bits per heavy atom. The van der Waals surface area contributed by atoms with Gasteiger partial charge in [0, 0.05) is 16.3 Å². The van der Waals surface area contributed by atoms with Crippen LogP contribution in [0.5, 0.6) is 0 Å². The van der Waals surface area contributed by atoms with Gasteiger partial charge in [-0.25, -0.2) is 0 Å². The van der Waals surface area contributed by atoms with Gasteiger partial charge >= 0.3 is 0 Å². The number of furan rings is 1. The van der Waals surface area contributed by atoms with E-state index in [4.69, 9.17) is 4.42 Å². The number of carbonyl (C=O) groups is 2. The van der Waals surface area contributed by atoms with Crippen LogP contribution in [0.1, 0.15) is 23.0 Å². The monoisotopic (exact) mass is 380 g/mol. The average molecular weight is 380 g/mol. The summed E-state index contributed by atoms with van der Waals surface area (Å²) in [4.78, 5) is 25.4. The number of aryl methyl sites for hydroxylation is 1. The lowest BCUT2D eigenvalue weighted by Crippen LogP contribution is -2.22. The van der Waals surface area contributed by atoms with Crippen molar-refractivity contribution in [3.05, 3.63) is 78.3 Å². The molecular formula is C21H20N2O3S. The highest BCUT2D eigenvalue weighted by Crippen LogP contribution is 2.27. The van der Waals surface area contributed by atoms with E-state index in [1.54, 1.807) is 18.2 Å². The number of nitrogens with one attached hydrogen (secondary N) is 2. The minimum atomic E-state index is -0.313. The van der Waals surface area contributed by atoms with Crippen molar-refractivity contribution in [1.82, 2.24) is 0 Å². The largest absolute Gasteiger partial charge is 0.459 e. The van der Waals surface area contributed by atoms with E-state index in [0.29, 0.717) is 5.69 Å². The first-order valence-electron chi connectivity index (χ1n) is 8.50. The Hall–Kier alpha value is -2.99. The summed E-state index contributed by atoms with van der Waals surface area (Å²) in [7, 11) is 0.